The highest BCUT2D eigenvalue weighted by molar-refractivity contribution is 7.99. The summed E-state index contributed by atoms with van der Waals surface area (Å²) in [6.07, 6.45) is 3.22. The van der Waals surface area contributed by atoms with Crippen LogP contribution >= 0.6 is 11.8 Å². The van der Waals surface area contributed by atoms with E-state index < -0.39 is 0 Å². The Morgan fingerprint density at radius 2 is 1.90 bits per heavy atom. The quantitative estimate of drug-likeness (QED) is 0.691. The van der Waals surface area contributed by atoms with Crippen molar-refractivity contribution in [1.29, 1.82) is 0 Å². The average molecular weight is 283 g/mol. The smallest absolute Gasteiger partial charge is 0.262 e. The van der Waals surface area contributed by atoms with Gasteiger partial charge in [-0.15, -0.1) is 11.8 Å². The van der Waals surface area contributed by atoms with Crippen molar-refractivity contribution < 1.29 is 0 Å². The predicted molar refractivity (Wildman–Crippen MR) is 81.0 cm³/mol. The third-order valence-corrected chi connectivity index (χ3v) is 3.93. The number of fused-ring (bicyclic) bond motifs is 1. The Bertz CT molecular complexity index is 771. The lowest BCUT2D eigenvalue weighted by Gasteiger charge is -2.06. The fourth-order valence-electron chi connectivity index (χ4n) is 1.94. The van der Waals surface area contributed by atoms with E-state index in [1.54, 1.807) is 41.0 Å². The summed E-state index contributed by atoms with van der Waals surface area (Å²) in [6.45, 7) is 0.635. The Morgan fingerprint density at radius 3 is 2.75 bits per heavy atom. The number of aromatic nitrogens is 3. The number of thioether (sulfide) groups is 1. The molecule has 0 radical (unpaired) electrons. The lowest BCUT2D eigenvalue weighted by molar-refractivity contribution is 0.724. The van der Waals surface area contributed by atoms with Crippen molar-refractivity contribution >= 4 is 22.8 Å². The fourth-order valence-corrected chi connectivity index (χ4v) is 2.81. The van der Waals surface area contributed by atoms with Crippen molar-refractivity contribution in [2.75, 3.05) is 5.75 Å². The normalized spacial score (nSPS) is 10.8. The summed E-state index contributed by atoms with van der Waals surface area (Å²) in [5, 5.41) is 0.569. The standard InChI is InChI=1S/C15H13N3OS/c19-15-13-7-4-8-16-14(13)17-11-18(15)9-10-20-12-5-2-1-3-6-12/h1-8,11H,9-10H2. The topological polar surface area (TPSA) is 47.8 Å². The van der Waals surface area contributed by atoms with Gasteiger partial charge in [0.2, 0.25) is 0 Å². The third kappa shape index (κ3) is 2.72. The van der Waals surface area contributed by atoms with Gasteiger partial charge in [-0.1, -0.05) is 18.2 Å². The van der Waals surface area contributed by atoms with Crippen LogP contribution in [0.25, 0.3) is 11.0 Å². The van der Waals surface area contributed by atoms with Gasteiger partial charge in [-0.3, -0.25) is 9.36 Å². The first-order chi connectivity index (χ1) is 9.84. The van der Waals surface area contributed by atoms with E-state index in [0.717, 1.165) is 5.75 Å². The van der Waals surface area contributed by atoms with Gasteiger partial charge in [-0.2, -0.15) is 0 Å². The van der Waals surface area contributed by atoms with Crippen LogP contribution in [0.3, 0.4) is 0 Å². The molecule has 5 heteroatoms. The lowest BCUT2D eigenvalue weighted by Crippen LogP contribution is -2.21. The number of aryl methyl sites for hydroxylation is 1. The molecule has 2 aromatic heterocycles. The van der Waals surface area contributed by atoms with Gasteiger partial charge in [0.25, 0.3) is 5.56 Å². The van der Waals surface area contributed by atoms with Crippen LogP contribution in [-0.2, 0) is 6.54 Å². The van der Waals surface area contributed by atoms with Gasteiger partial charge in [0.1, 0.15) is 6.33 Å². The molecule has 0 unspecified atom stereocenters. The molecule has 2 heterocycles. The van der Waals surface area contributed by atoms with Gasteiger partial charge in [-0.25, -0.2) is 9.97 Å². The van der Waals surface area contributed by atoms with E-state index in [1.165, 1.54) is 4.90 Å². The molecule has 0 saturated heterocycles. The summed E-state index contributed by atoms with van der Waals surface area (Å²) < 4.78 is 1.64. The number of hydrogen-bond acceptors (Lipinski definition) is 4. The second kappa shape index (κ2) is 5.88. The summed E-state index contributed by atoms with van der Waals surface area (Å²) in [7, 11) is 0. The zero-order valence-electron chi connectivity index (χ0n) is 10.8. The van der Waals surface area contributed by atoms with Gasteiger partial charge >= 0.3 is 0 Å². The van der Waals surface area contributed by atoms with Crippen LogP contribution in [0.15, 0.2) is 64.7 Å². The molecule has 100 valence electrons. The van der Waals surface area contributed by atoms with Gasteiger partial charge in [0, 0.05) is 23.4 Å². The molecule has 4 nitrogen and oxygen atoms in total. The van der Waals surface area contributed by atoms with Crippen LogP contribution in [-0.4, -0.2) is 20.3 Å². The third-order valence-electron chi connectivity index (χ3n) is 2.94. The SMILES string of the molecule is O=c1c2cccnc2ncn1CCSc1ccccc1. The van der Waals surface area contributed by atoms with Crippen LogP contribution in [0.1, 0.15) is 0 Å². The summed E-state index contributed by atoms with van der Waals surface area (Å²) in [5.74, 6) is 0.831. The summed E-state index contributed by atoms with van der Waals surface area (Å²) in [4.78, 5) is 21.7. The zero-order valence-corrected chi connectivity index (χ0v) is 11.6. The number of rotatable bonds is 4. The Labute approximate surface area is 120 Å². The number of nitrogens with zero attached hydrogens (tertiary/aromatic N) is 3. The van der Waals surface area contributed by atoms with Crippen LogP contribution in [0.5, 0.6) is 0 Å². The second-order valence-corrected chi connectivity index (χ2v) is 5.45. The van der Waals surface area contributed by atoms with E-state index >= 15 is 0 Å². The van der Waals surface area contributed by atoms with Crippen LogP contribution in [0.2, 0.25) is 0 Å². The monoisotopic (exact) mass is 283 g/mol. The van der Waals surface area contributed by atoms with Crippen molar-refractivity contribution in [2.24, 2.45) is 0 Å². The zero-order chi connectivity index (χ0) is 13.8. The van der Waals surface area contributed by atoms with Crippen molar-refractivity contribution in [2.45, 2.75) is 11.4 Å². The molecule has 0 bridgehead atoms. The number of pyridine rings is 1. The second-order valence-electron chi connectivity index (χ2n) is 4.28. The Hall–Kier alpha value is -2.14. The van der Waals surface area contributed by atoms with Crippen molar-refractivity contribution in [3.05, 3.63) is 65.3 Å². The molecule has 0 aliphatic rings. The van der Waals surface area contributed by atoms with E-state index in [4.69, 9.17) is 0 Å². The van der Waals surface area contributed by atoms with Crippen LogP contribution < -0.4 is 5.56 Å². The van der Waals surface area contributed by atoms with E-state index in [1.807, 2.05) is 18.2 Å². The summed E-state index contributed by atoms with van der Waals surface area (Å²) >= 11 is 1.73. The Morgan fingerprint density at radius 1 is 1.05 bits per heavy atom. The first-order valence-corrected chi connectivity index (χ1v) is 7.31. The maximum atomic E-state index is 12.2. The Balaban J connectivity index is 1.75. The van der Waals surface area contributed by atoms with Crippen molar-refractivity contribution in [3.63, 3.8) is 0 Å². The van der Waals surface area contributed by atoms with E-state index in [9.17, 15) is 4.79 Å². The fraction of sp³-hybridized carbons (Fsp3) is 0.133. The maximum Gasteiger partial charge on any atom is 0.262 e. The molecule has 0 amide bonds. The number of hydrogen-bond donors (Lipinski definition) is 0. The summed E-state index contributed by atoms with van der Waals surface area (Å²) in [6, 6.07) is 13.7. The average Bonchev–Trinajstić information content (AvgIpc) is 2.51. The Kier molecular flexibility index (Phi) is 3.78. The van der Waals surface area contributed by atoms with Crippen molar-refractivity contribution in [3.8, 4) is 0 Å². The highest BCUT2D eigenvalue weighted by Crippen LogP contribution is 2.16. The molecule has 20 heavy (non-hydrogen) atoms. The van der Waals surface area contributed by atoms with Crippen LogP contribution in [0.4, 0.5) is 0 Å². The predicted octanol–water partition coefficient (Wildman–Crippen LogP) is 2.58. The van der Waals surface area contributed by atoms with E-state index in [2.05, 4.69) is 22.1 Å². The molecule has 3 aromatic rings. The highest BCUT2D eigenvalue weighted by Gasteiger charge is 2.04. The first kappa shape index (κ1) is 12.9. The van der Waals surface area contributed by atoms with E-state index in [-0.39, 0.29) is 5.56 Å². The van der Waals surface area contributed by atoms with Gasteiger partial charge < -0.3 is 0 Å². The van der Waals surface area contributed by atoms with Crippen molar-refractivity contribution in [1.82, 2.24) is 14.5 Å². The maximum absolute atomic E-state index is 12.2. The molecule has 0 atom stereocenters. The molecular weight excluding hydrogens is 270 g/mol. The lowest BCUT2D eigenvalue weighted by atomic mass is 10.3. The van der Waals surface area contributed by atoms with Gasteiger partial charge in [0.15, 0.2) is 5.65 Å². The molecule has 0 saturated carbocycles. The minimum Gasteiger partial charge on any atom is -0.298 e. The minimum absolute atomic E-state index is 0.0308. The van der Waals surface area contributed by atoms with Gasteiger partial charge in [0.05, 0.1) is 5.39 Å². The van der Waals surface area contributed by atoms with E-state index in [0.29, 0.717) is 17.6 Å². The molecule has 0 N–H and O–H groups in total. The summed E-state index contributed by atoms with van der Waals surface area (Å²) in [5.41, 5.74) is 0.473. The molecule has 0 spiro atoms. The molecule has 0 aliphatic carbocycles. The highest BCUT2D eigenvalue weighted by atomic mass is 32.2. The molecule has 3 rings (SSSR count). The molecular formula is C15H13N3OS. The van der Waals surface area contributed by atoms with Gasteiger partial charge in [-0.05, 0) is 24.3 Å². The van der Waals surface area contributed by atoms with Crippen LogP contribution in [0, 0.1) is 0 Å². The molecule has 0 aliphatic heterocycles. The molecule has 0 fully saturated rings. The minimum atomic E-state index is -0.0308. The largest absolute Gasteiger partial charge is 0.298 e. The number of benzene rings is 1. The molecule has 1 aromatic carbocycles. The first-order valence-electron chi connectivity index (χ1n) is 6.32.